The zero-order valence-electron chi connectivity index (χ0n) is 16.2. The minimum Gasteiger partial charge on any atom is -0.370 e. The van der Waals surface area contributed by atoms with E-state index in [1.54, 1.807) is 19.3 Å². The molecule has 0 bridgehead atoms. The summed E-state index contributed by atoms with van der Waals surface area (Å²) >= 11 is 0. The molecule has 2 aromatic heterocycles. The molecule has 1 aliphatic rings. The Labute approximate surface area is 153 Å². The third kappa shape index (κ3) is 3.79. The monoisotopic (exact) mass is 357 g/mol. The zero-order chi connectivity index (χ0) is 18.8. The van der Waals surface area contributed by atoms with Crippen LogP contribution in [0.15, 0.2) is 17.1 Å². The van der Waals surface area contributed by atoms with Crippen LogP contribution in [0.1, 0.15) is 17.7 Å². The molecule has 1 atom stereocenters. The number of rotatable bonds is 5. The lowest BCUT2D eigenvalue weighted by molar-refractivity contribution is 0.620. The van der Waals surface area contributed by atoms with Gasteiger partial charge < -0.3 is 15.1 Å². The first-order valence-corrected chi connectivity index (χ1v) is 8.90. The highest BCUT2D eigenvalue weighted by Gasteiger charge is 2.23. The molecule has 0 aromatic carbocycles. The minimum absolute atomic E-state index is 0.0765. The molecule has 140 valence electrons. The SMILES string of the molecule is Cc1nc(N(C)C)nc(NC[C@H]2CCN(c3cnn(C)c(=O)c3)C2)c1C. The molecule has 3 heterocycles. The second-order valence-electron chi connectivity index (χ2n) is 7.13. The topological polar surface area (TPSA) is 79.2 Å². The lowest BCUT2D eigenvalue weighted by Crippen LogP contribution is -2.26. The van der Waals surface area contributed by atoms with Gasteiger partial charge in [0, 0.05) is 58.1 Å². The number of hydrogen-bond acceptors (Lipinski definition) is 7. The summed E-state index contributed by atoms with van der Waals surface area (Å²) in [7, 11) is 5.55. The van der Waals surface area contributed by atoms with Crippen LogP contribution in [0.25, 0.3) is 0 Å². The first-order valence-electron chi connectivity index (χ1n) is 8.90. The summed E-state index contributed by atoms with van der Waals surface area (Å²) in [6.45, 7) is 6.75. The molecule has 1 fully saturated rings. The average molecular weight is 357 g/mol. The second-order valence-corrected chi connectivity index (χ2v) is 7.13. The summed E-state index contributed by atoms with van der Waals surface area (Å²) in [5.74, 6) is 2.11. The molecular weight excluding hydrogens is 330 g/mol. The Kier molecular flexibility index (Phi) is 5.11. The molecule has 0 radical (unpaired) electrons. The number of aryl methyl sites for hydroxylation is 2. The largest absolute Gasteiger partial charge is 0.370 e. The van der Waals surface area contributed by atoms with Gasteiger partial charge >= 0.3 is 0 Å². The maximum atomic E-state index is 11.8. The Morgan fingerprint density at radius 1 is 1.31 bits per heavy atom. The van der Waals surface area contributed by atoms with Crippen LogP contribution in [0.4, 0.5) is 17.5 Å². The van der Waals surface area contributed by atoms with Crippen molar-refractivity contribution in [2.45, 2.75) is 20.3 Å². The van der Waals surface area contributed by atoms with Crippen molar-refractivity contribution in [3.8, 4) is 0 Å². The smallest absolute Gasteiger partial charge is 0.268 e. The van der Waals surface area contributed by atoms with Gasteiger partial charge in [0.1, 0.15) is 5.82 Å². The van der Waals surface area contributed by atoms with Crippen LogP contribution in [0.5, 0.6) is 0 Å². The summed E-state index contributed by atoms with van der Waals surface area (Å²) in [4.78, 5) is 25.1. The van der Waals surface area contributed by atoms with Crippen LogP contribution >= 0.6 is 0 Å². The lowest BCUT2D eigenvalue weighted by atomic mass is 10.1. The van der Waals surface area contributed by atoms with E-state index in [1.165, 1.54) is 4.68 Å². The Balaban J connectivity index is 1.65. The molecular formula is C18H27N7O. The van der Waals surface area contributed by atoms with Crippen molar-refractivity contribution in [1.82, 2.24) is 19.7 Å². The maximum Gasteiger partial charge on any atom is 0.268 e. The van der Waals surface area contributed by atoms with Gasteiger partial charge in [-0.2, -0.15) is 10.1 Å². The van der Waals surface area contributed by atoms with Gasteiger partial charge in [0.15, 0.2) is 0 Å². The molecule has 0 spiro atoms. The van der Waals surface area contributed by atoms with Gasteiger partial charge in [-0.25, -0.2) is 9.67 Å². The van der Waals surface area contributed by atoms with Crippen LogP contribution in [0.3, 0.4) is 0 Å². The third-order valence-electron chi connectivity index (χ3n) is 4.94. The fourth-order valence-corrected chi connectivity index (χ4v) is 3.09. The van der Waals surface area contributed by atoms with Gasteiger partial charge in [-0.05, 0) is 26.2 Å². The van der Waals surface area contributed by atoms with Gasteiger partial charge in [-0.3, -0.25) is 4.79 Å². The Bertz CT molecular complexity index is 846. The van der Waals surface area contributed by atoms with Crippen molar-refractivity contribution >= 4 is 17.5 Å². The van der Waals surface area contributed by atoms with Crippen molar-refractivity contribution in [2.75, 3.05) is 48.8 Å². The van der Waals surface area contributed by atoms with Crippen LogP contribution in [0.2, 0.25) is 0 Å². The quantitative estimate of drug-likeness (QED) is 0.861. The lowest BCUT2D eigenvalue weighted by Gasteiger charge is -2.19. The molecule has 0 saturated carbocycles. The Morgan fingerprint density at radius 2 is 2.08 bits per heavy atom. The Morgan fingerprint density at radius 3 is 2.77 bits per heavy atom. The second kappa shape index (κ2) is 7.31. The summed E-state index contributed by atoms with van der Waals surface area (Å²) in [5, 5.41) is 7.61. The van der Waals surface area contributed by atoms with E-state index < -0.39 is 0 Å². The number of hydrogen-bond donors (Lipinski definition) is 1. The summed E-state index contributed by atoms with van der Waals surface area (Å²) in [6.07, 6.45) is 2.84. The number of nitrogens with one attached hydrogen (secondary N) is 1. The first-order chi connectivity index (χ1) is 12.3. The summed E-state index contributed by atoms with van der Waals surface area (Å²) < 4.78 is 1.35. The molecule has 0 aliphatic carbocycles. The predicted molar refractivity (Wildman–Crippen MR) is 104 cm³/mol. The van der Waals surface area contributed by atoms with E-state index in [0.29, 0.717) is 5.92 Å². The molecule has 1 aliphatic heterocycles. The first kappa shape index (κ1) is 18.2. The van der Waals surface area contributed by atoms with E-state index in [1.807, 2.05) is 32.8 Å². The highest BCUT2D eigenvalue weighted by molar-refractivity contribution is 5.50. The van der Waals surface area contributed by atoms with Crippen LogP contribution < -0.4 is 20.7 Å². The third-order valence-corrected chi connectivity index (χ3v) is 4.94. The van der Waals surface area contributed by atoms with Crippen molar-refractivity contribution in [3.63, 3.8) is 0 Å². The number of anilines is 3. The van der Waals surface area contributed by atoms with Gasteiger partial charge in [-0.15, -0.1) is 0 Å². The van der Waals surface area contributed by atoms with Gasteiger partial charge in [0.25, 0.3) is 5.56 Å². The molecule has 8 heteroatoms. The van der Waals surface area contributed by atoms with Crippen molar-refractivity contribution in [1.29, 1.82) is 0 Å². The molecule has 2 aromatic rings. The molecule has 8 nitrogen and oxygen atoms in total. The van der Waals surface area contributed by atoms with Crippen LogP contribution in [-0.2, 0) is 7.05 Å². The van der Waals surface area contributed by atoms with Crippen molar-refractivity contribution in [3.05, 3.63) is 33.9 Å². The van der Waals surface area contributed by atoms with Crippen LogP contribution in [0, 0.1) is 19.8 Å². The summed E-state index contributed by atoms with van der Waals surface area (Å²) in [5.41, 5.74) is 2.90. The Hall–Kier alpha value is -2.64. The molecule has 1 saturated heterocycles. The molecule has 0 unspecified atom stereocenters. The minimum atomic E-state index is -0.0765. The maximum absolute atomic E-state index is 11.8. The molecule has 3 rings (SSSR count). The highest BCUT2D eigenvalue weighted by Crippen LogP contribution is 2.24. The van der Waals surface area contributed by atoms with E-state index in [-0.39, 0.29) is 5.56 Å². The van der Waals surface area contributed by atoms with E-state index in [4.69, 9.17) is 0 Å². The number of nitrogens with zero attached hydrogens (tertiary/aromatic N) is 6. The van der Waals surface area contributed by atoms with Gasteiger partial charge in [0.05, 0.1) is 11.9 Å². The molecule has 26 heavy (non-hydrogen) atoms. The van der Waals surface area contributed by atoms with Gasteiger partial charge in [0.2, 0.25) is 5.95 Å². The highest BCUT2D eigenvalue weighted by atomic mass is 16.1. The van der Waals surface area contributed by atoms with E-state index in [0.717, 1.165) is 54.8 Å². The average Bonchev–Trinajstić information content (AvgIpc) is 3.07. The predicted octanol–water partition coefficient (Wildman–Crippen LogP) is 1.19. The van der Waals surface area contributed by atoms with E-state index in [9.17, 15) is 4.79 Å². The fourth-order valence-electron chi connectivity index (χ4n) is 3.09. The fraction of sp³-hybridized carbons (Fsp3) is 0.556. The molecule has 1 N–H and O–H groups in total. The van der Waals surface area contributed by atoms with Crippen LogP contribution in [-0.4, -0.2) is 53.5 Å². The standard InChI is InChI=1S/C18H27N7O/c1-12-13(2)21-18(23(3)4)22-17(12)19-9-14-6-7-25(11-14)15-8-16(26)24(5)20-10-15/h8,10,14H,6-7,9,11H2,1-5H3,(H,19,21,22)/t14-/m1/s1. The van der Waals surface area contributed by atoms with Crippen molar-refractivity contribution < 1.29 is 0 Å². The molecule has 0 amide bonds. The van der Waals surface area contributed by atoms with E-state index in [2.05, 4.69) is 25.3 Å². The van der Waals surface area contributed by atoms with Gasteiger partial charge in [-0.1, -0.05) is 0 Å². The zero-order valence-corrected chi connectivity index (χ0v) is 16.2. The normalized spacial score (nSPS) is 16.8. The summed E-state index contributed by atoms with van der Waals surface area (Å²) in [6, 6.07) is 1.66. The number of aromatic nitrogens is 4. The van der Waals surface area contributed by atoms with Crippen molar-refractivity contribution in [2.24, 2.45) is 13.0 Å². The van der Waals surface area contributed by atoms with E-state index >= 15 is 0 Å².